The molecule has 0 saturated heterocycles. The Morgan fingerprint density at radius 1 is 1.03 bits per heavy atom. The van der Waals surface area contributed by atoms with Crippen molar-refractivity contribution in [3.63, 3.8) is 0 Å². The minimum atomic E-state index is -0.0649. The third-order valence-electron chi connectivity index (χ3n) is 12.4. The summed E-state index contributed by atoms with van der Waals surface area (Å²) in [6.07, 6.45) is 11.1. The van der Waals surface area contributed by atoms with Gasteiger partial charge in [0.1, 0.15) is 6.79 Å². The van der Waals surface area contributed by atoms with Crippen LogP contribution in [-0.2, 0) is 19.0 Å². The van der Waals surface area contributed by atoms with Gasteiger partial charge in [-0.3, -0.25) is 4.79 Å². The fourth-order valence-electron chi connectivity index (χ4n) is 10.5. The minimum absolute atomic E-state index is 0.0649. The lowest BCUT2D eigenvalue weighted by Gasteiger charge is -2.67. The summed E-state index contributed by atoms with van der Waals surface area (Å²) in [5.74, 6) is 6.18. The number of ether oxygens (including phenoxy) is 3. The van der Waals surface area contributed by atoms with Gasteiger partial charge in [0.15, 0.2) is 0 Å². The Labute approximate surface area is 215 Å². The van der Waals surface area contributed by atoms with Crippen LogP contribution in [0.4, 0.5) is 0 Å². The van der Waals surface area contributed by atoms with Crippen molar-refractivity contribution in [2.24, 2.45) is 64.1 Å². The minimum Gasteiger partial charge on any atom is -0.469 e. The Hall–Kier alpha value is -0.610. The molecule has 0 amide bonds. The van der Waals surface area contributed by atoms with E-state index in [1.54, 1.807) is 7.11 Å². The summed E-state index contributed by atoms with van der Waals surface area (Å²) in [6.45, 7) is 15.6. The number of rotatable bonds is 8. The molecule has 12 atom stereocenters. The molecule has 202 valence electrons. The van der Waals surface area contributed by atoms with Crippen molar-refractivity contribution in [1.29, 1.82) is 0 Å². The second-order valence-corrected chi connectivity index (χ2v) is 13.7. The molecule has 0 heterocycles. The van der Waals surface area contributed by atoms with Gasteiger partial charge in [-0.25, -0.2) is 0 Å². The van der Waals surface area contributed by atoms with Crippen LogP contribution in [0.15, 0.2) is 0 Å². The zero-order chi connectivity index (χ0) is 25.5. The maximum Gasteiger partial charge on any atom is 0.305 e. The predicted molar refractivity (Wildman–Crippen MR) is 141 cm³/mol. The lowest BCUT2D eigenvalue weighted by molar-refractivity contribution is -0.240. The Morgan fingerprint density at radius 3 is 2.43 bits per heavy atom. The monoisotopic (exact) mass is 490 g/mol. The largest absolute Gasteiger partial charge is 0.469 e. The molecule has 0 aliphatic heterocycles. The summed E-state index contributed by atoms with van der Waals surface area (Å²) < 4.78 is 17.2. The van der Waals surface area contributed by atoms with E-state index in [1.807, 2.05) is 0 Å². The quantitative estimate of drug-likeness (QED) is 0.263. The Balaban J connectivity index is 1.68. The standard InChI is InChI=1S/C31H54O4/c1-9-22-25-16-19(2)14-15-30(25,5)26-17-21(4)31(6)23(20(3)10-13-27(32)34-8)11-12-24(31)28(26)29(22)35-18-33-7/h19-26,28-29H,9-18H2,1-8H3/t19-,20?,21+,22-,23?,24?,25+,26?,28?,29-,30+,31-/m1/s1. The van der Waals surface area contributed by atoms with Crippen LogP contribution in [0.25, 0.3) is 0 Å². The highest BCUT2D eigenvalue weighted by Crippen LogP contribution is 2.71. The summed E-state index contributed by atoms with van der Waals surface area (Å²) >= 11 is 0. The fourth-order valence-corrected chi connectivity index (χ4v) is 10.5. The molecule has 5 unspecified atom stereocenters. The van der Waals surface area contributed by atoms with E-state index in [0.29, 0.717) is 65.7 Å². The average molecular weight is 491 g/mol. The number of hydrogen-bond donors (Lipinski definition) is 0. The SMILES string of the molecule is CC[C@H]1[C@@H](OCOC)C2C3CCC(C(C)CCC(=O)OC)[C@@]3(C)[C@@H](C)CC2[C@@]2(C)CC[C@@H](C)C[C@@H]12. The van der Waals surface area contributed by atoms with Gasteiger partial charge in [-0.2, -0.15) is 0 Å². The highest BCUT2D eigenvalue weighted by Gasteiger charge is 2.66. The highest BCUT2D eigenvalue weighted by atomic mass is 16.7. The molecule has 35 heavy (non-hydrogen) atoms. The Morgan fingerprint density at radius 2 is 1.77 bits per heavy atom. The van der Waals surface area contributed by atoms with Crippen molar-refractivity contribution >= 4 is 5.97 Å². The van der Waals surface area contributed by atoms with Crippen molar-refractivity contribution in [2.75, 3.05) is 21.0 Å². The molecule has 0 bridgehead atoms. The molecule has 0 N–H and O–H groups in total. The van der Waals surface area contributed by atoms with E-state index in [0.717, 1.165) is 24.2 Å². The topological polar surface area (TPSA) is 44.8 Å². The van der Waals surface area contributed by atoms with Crippen molar-refractivity contribution in [3.05, 3.63) is 0 Å². The van der Waals surface area contributed by atoms with Crippen LogP contribution in [0, 0.1) is 64.1 Å². The number of fused-ring (bicyclic) bond motifs is 5. The molecule has 0 aromatic heterocycles. The van der Waals surface area contributed by atoms with E-state index in [1.165, 1.54) is 52.1 Å². The van der Waals surface area contributed by atoms with E-state index in [2.05, 4.69) is 41.5 Å². The van der Waals surface area contributed by atoms with Crippen LogP contribution in [0.5, 0.6) is 0 Å². The third-order valence-corrected chi connectivity index (χ3v) is 12.4. The lowest BCUT2D eigenvalue weighted by atomic mass is 9.39. The van der Waals surface area contributed by atoms with Crippen molar-refractivity contribution < 1.29 is 19.0 Å². The molecule has 4 aliphatic carbocycles. The summed E-state index contributed by atoms with van der Waals surface area (Å²) in [4.78, 5) is 11.9. The van der Waals surface area contributed by atoms with Crippen LogP contribution in [0.3, 0.4) is 0 Å². The van der Waals surface area contributed by atoms with Gasteiger partial charge in [0, 0.05) is 13.5 Å². The molecule has 0 aromatic rings. The van der Waals surface area contributed by atoms with Gasteiger partial charge in [0.05, 0.1) is 13.2 Å². The van der Waals surface area contributed by atoms with Crippen LogP contribution in [0.1, 0.15) is 99.3 Å². The number of methoxy groups -OCH3 is 2. The number of hydrogen-bond acceptors (Lipinski definition) is 4. The third kappa shape index (κ3) is 4.51. The fraction of sp³-hybridized carbons (Fsp3) is 0.968. The zero-order valence-electron chi connectivity index (χ0n) is 24.0. The maximum atomic E-state index is 11.9. The maximum absolute atomic E-state index is 11.9. The van der Waals surface area contributed by atoms with Gasteiger partial charge >= 0.3 is 5.97 Å². The first kappa shape index (κ1) is 27.4. The van der Waals surface area contributed by atoms with Crippen molar-refractivity contribution in [3.8, 4) is 0 Å². The zero-order valence-corrected chi connectivity index (χ0v) is 24.0. The molecule has 0 spiro atoms. The van der Waals surface area contributed by atoms with Gasteiger partial charge in [-0.1, -0.05) is 54.4 Å². The van der Waals surface area contributed by atoms with Crippen LogP contribution >= 0.6 is 0 Å². The van der Waals surface area contributed by atoms with Gasteiger partial charge in [-0.15, -0.1) is 0 Å². The Bertz CT molecular complexity index is 737. The summed E-state index contributed by atoms with van der Waals surface area (Å²) in [5, 5.41) is 0. The predicted octanol–water partition coefficient (Wildman–Crippen LogP) is 7.35. The van der Waals surface area contributed by atoms with E-state index < -0.39 is 0 Å². The second kappa shape index (κ2) is 10.6. The summed E-state index contributed by atoms with van der Waals surface area (Å²) in [5.41, 5.74) is 0.754. The molecular formula is C31H54O4. The number of esters is 1. The van der Waals surface area contributed by atoms with Gasteiger partial charge in [0.2, 0.25) is 0 Å². The molecule has 4 fully saturated rings. The van der Waals surface area contributed by atoms with Gasteiger partial charge in [-0.05, 0) is 103 Å². The van der Waals surface area contributed by atoms with Crippen molar-refractivity contribution in [2.45, 2.75) is 105 Å². The normalized spacial score (nSPS) is 47.9. The molecular weight excluding hydrogens is 436 g/mol. The second-order valence-electron chi connectivity index (χ2n) is 13.7. The Kier molecular flexibility index (Phi) is 8.33. The van der Waals surface area contributed by atoms with Crippen LogP contribution < -0.4 is 0 Å². The molecule has 0 aromatic carbocycles. The van der Waals surface area contributed by atoms with Gasteiger partial charge < -0.3 is 14.2 Å². The molecule has 4 aliphatic rings. The number of carbonyl (C=O) groups is 1. The average Bonchev–Trinajstić information content (AvgIpc) is 3.20. The first-order valence-electron chi connectivity index (χ1n) is 14.8. The van der Waals surface area contributed by atoms with Crippen LogP contribution in [-0.4, -0.2) is 33.1 Å². The van der Waals surface area contributed by atoms with Crippen LogP contribution in [0.2, 0.25) is 0 Å². The van der Waals surface area contributed by atoms with E-state index >= 15 is 0 Å². The van der Waals surface area contributed by atoms with E-state index in [-0.39, 0.29) is 5.97 Å². The number of carbonyl (C=O) groups excluding carboxylic acids is 1. The first-order valence-corrected chi connectivity index (χ1v) is 14.8. The molecule has 4 nitrogen and oxygen atoms in total. The lowest BCUT2D eigenvalue weighted by Crippen LogP contribution is -2.63. The smallest absolute Gasteiger partial charge is 0.305 e. The highest BCUT2D eigenvalue weighted by molar-refractivity contribution is 5.69. The molecule has 0 radical (unpaired) electrons. The molecule has 4 rings (SSSR count). The van der Waals surface area contributed by atoms with E-state index in [9.17, 15) is 4.79 Å². The van der Waals surface area contributed by atoms with Crippen molar-refractivity contribution in [1.82, 2.24) is 0 Å². The molecule has 4 saturated carbocycles. The summed E-state index contributed by atoms with van der Waals surface area (Å²) in [7, 11) is 3.28. The van der Waals surface area contributed by atoms with Gasteiger partial charge in [0.25, 0.3) is 0 Å². The summed E-state index contributed by atoms with van der Waals surface area (Å²) in [6, 6.07) is 0. The van der Waals surface area contributed by atoms with E-state index in [4.69, 9.17) is 14.2 Å². The molecule has 4 heteroatoms. The first-order chi connectivity index (χ1) is 16.6.